The van der Waals surface area contributed by atoms with Crippen molar-refractivity contribution in [3.63, 3.8) is 0 Å². The first-order chi connectivity index (χ1) is 7.24. The van der Waals surface area contributed by atoms with Crippen molar-refractivity contribution in [2.75, 3.05) is 24.8 Å². The van der Waals surface area contributed by atoms with Gasteiger partial charge in [-0.05, 0) is 19.3 Å². The zero-order chi connectivity index (χ0) is 11.6. The Kier molecular flexibility index (Phi) is 9.85. The van der Waals surface area contributed by atoms with Crippen LogP contribution in [0.15, 0.2) is 0 Å². The molecule has 0 amide bonds. The summed E-state index contributed by atoms with van der Waals surface area (Å²) in [6.45, 7) is 6.77. The highest BCUT2D eigenvalue weighted by Gasteiger charge is 2.34. The third-order valence-electron chi connectivity index (χ3n) is 3.26. The van der Waals surface area contributed by atoms with Crippen LogP contribution in [0.1, 0.15) is 59.3 Å². The summed E-state index contributed by atoms with van der Waals surface area (Å²) in [4.78, 5) is 0. The van der Waals surface area contributed by atoms with Gasteiger partial charge in [0.1, 0.15) is 0 Å². The first kappa shape index (κ1) is 15.4. The number of hydrogen-bond donors (Lipinski definition) is 1. The summed E-state index contributed by atoms with van der Waals surface area (Å²) < 4.78 is 0. The lowest BCUT2D eigenvalue weighted by atomic mass is 10.4. The second-order valence-corrected chi connectivity index (χ2v) is 9.02. The molecule has 0 spiro atoms. The molecule has 0 aromatic rings. The van der Waals surface area contributed by atoms with E-state index in [9.17, 15) is 5.11 Å². The van der Waals surface area contributed by atoms with Crippen LogP contribution in [-0.4, -0.2) is 29.9 Å². The van der Waals surface area contributed by atoms with E-state index in [0.29, 0.717) is 6.35 Å². The van der Waals surface area contributed by atoms with Crippen LogP contribution in [0, 0.1) is 0 Å². The standard InChI is InChI=1S/C13H30OP/c1-4-7-10-15(13-14,11-8-5-2)12-9-6-3/h14H,4-13H2,1-3H3/q+1. The van der Waals surface area contributed by atoms with Gasteiger partial charge >= 0.3 is 0 Å². The molecule has 0 aromatic carbocycles. The van der Waals surface area contributed by atoms with E-state index in [0.717, 1.165) is 0 Å². The largest absolute Gasteiger partial charge is 0.362 e. The van der Waals surface area contributed by atoms with Crippen molar-refractivity contribution in [1.29, 1.82) is 0 Å². The molecule has 0 fully saturated rings. The Hall–Kier alpha value is 0.390. The van der Waals surface area contributed by atoms with Gasteiger partial charge in [-0.3, -0.25) is 0 Å². The highest BCUT2D eigenvalue weighted by molar-refractivity contribution is 7.75. The van der Waals surface area contributed by atoms with Crippen molar-refractivity contribution >= 4 is 7.26 Å². The predicted molar refractivity (Wildman–Crippen MR) is 73.3 cm³/mol. The first-order valence-electron chi connectivity index (χ1n) is 6.70. The van der Waals surface area contributed by atoms with Crippen LogP contribution < -0.4 is 0 Å². The number of rotatable bonds is 10. The molecule has 1 N–H and O–H groups in total. The van der Waals surface area contributed by atoms with Crippen molar-refractivity contribution in [2.24, 2.45) is 0 Å². The van der Waals surface area contributed by atoms with E-state index in [1.54, 1.807) is 0 Å². The Balaban J connectivity index is 4.16. The highest BCUT2D eigenvalue weighted by atomic mass is 31.2. The Morgan fingerprint density at radius 1 is 0.733 bits per heavy atom. The molecule has 0 aliphatic rings. The molecule has 0 aromatic heterocycles. The van der Waals surface area contributed by atoms with Gasteiger partial charge in [0.05, 0.1) is 18.5 Å². The summed E-state index contributed by atoms with van der Waals surface area (Å²) in [6.07, 6.45) is 12.3. The molecule has 0 bridgehead atoms. The smallest absolute Gasteiger partial charge is 0.154 e. The Labute approximate surface area is 97.0 Å². The maximum absolute atomic E-state index is 9.71. The fourth-order valence-corrected chi connectivity index (χ4v) is 6.08. The molecule has 0 unspecified atom stereocenters. The SMILES string of the molecule is CCCC[P+](CO)(CCCC)CCCC. The fourth-order valence-electron chi connectivity index (χ4n) is 2.03. The van der Waals surface area contributed by atoms with Crippen molar-refractivity contribution in [3.05, 3.63) is 0 Å². The van der Waals surface area contributed by atoms with E-state index in [2.05, 4.69) is 20.8 Å². The Morgan fingerprint density at radius 2 is 1.07 bits per heavy atom. The summed E-state index contributed by atoms with van der Waals surface area (Å²) >= 11 is 0. The maximum atomic E-state index is 9.71. The average molecular weight is 233 g/mol. The molecule has 0 heterocycles. The molecule has 0 saturated heterocycles. The van der Waals surface area contributed by atoms with Crippen LogP contribution in [0.2, 0.25) is 0 Å². The van der Waals surface area contributed by atoms with Crippen molar-refractivity contribution in [1.82, 2.24) is 0 Å². The van der Waals surface area contributed by atoms with Gasteiger partial charge in [0, 0.05) is 7.26 Å². The molecule has 92 valence electrons. The van der Waals surface area contributed by atoms with E-state index in [4.69, 9.17) is 0 Å². The molecule has 0 saturated carbocycles. The minimum atomic E-state index is -0.971. The van der Waals surface area contributed by atoms with Crippen molar-refractivity contribution in [2.45, 2.75) is 59.3 Å². The van der Waals surface area contributed by atoms with E-state index in [1.807, 2.05) is 0 Å². The van der Waals surface area contributed by atoms with Crippen LogP contribution in [0.3, 0.4) is 0 Å². The van der Waals surface area contributed by atoms with Crippen molar-refractivity contribution < 1.29 is 5.11 Å². The molecule has 15 heavy (non-hydrogen) atoms. The normalized spacial score (nSPS) is 12.0. The van der Waals surface area contributed by atoms with E-state index >= 15 is 0 Å². The Morgan fingerprint density at radius 3 is 1.27 bits per heavy atom. The van der Waals surface area contributed by atoms with E-state index < -0.39 is 7.26 Å². The van der Waals surface area contributed by atoms with E-state index in [-0.39, 0.29) is 0 Å². The fraction of sp³-hybridized carbons (Fsp3) is 1.00. The molecule has 2 heteroatoms. The molecule has 0 aliphatic carbocycles. The molecule has 0 radical (unpaired) electrons. The number of unbranched alkanes of at least 4 members (excludes halogenated alkanes) is 3. The van der Waals surface area contributed by atoms with Crippen LogP contribution in [-0.2, 0) is 0 Å². The quantitative estimate of drug-likeness (QED) is 0.556. The lowest BCUT2D eigenvalue weighted by Gasteiger charge is -2.25. The summed E-state index contributed by atoms with van der Waals surface area (Å²) in [6, 6.07) is 0. The minimum absolute atomic E-state index is 0.507. The molecular formula is C13H30OP+. The zero-order valence-corrected chi connectivity index (χ0v) is 11.9. The maximum Gasteiger partial charge on any atom is 0.154 e. The van der Waals surface area contributed by atoms with Gasteiger partial charge in [-0.1, -0.05) is 40.0 Å². The van der Waals surface area contributed by atoms with Gasteiger partial charge in [-0.15, -0.1) is 0 Å². The number of aliphatic hydroxyl groups is 1. The van der Waals surface area contributed by atoms with Gasteiger partial charge in [-0.25, -0.2) is 0 Å². The molecule has 0 rings (SSSR count). The topological polar surface area (TPSA) is 20.2 Å². The van der Waals surface area contributed by atoms with Crippen LogP contribution in [0.4, 0.5) is 0 Å². The molecule has 0 aliphatic heterocycles. The average Bonchev–Trinajstić information content (AvgIpc) is 2.29. The number of aliphatic hydroxyl groups excluding tert-OH is 1. The summed E-state index contributed by atoms with van der Waals surface area (Å²) in [5, 5.41) is 9.71. The summed E-state index contributed by atoms with van der Waals surface area (Å²) in [5.41, 5.74) is 0. The summed E-state index contributed by atoms with van der Waals surface area (Å²) in [7, 11) is -0.971. The summed E-state index contributed by atoms with van der Waals surface area (Å²) in [5.74, 6) is 0. The molecule has 0 atom stereocenters. The van der Waals surface area contributed by atoms with Gasteiger partial charge in [0.2, 0.25) is 0 Å². The third kappa shape index (κ3) is 6.53. The van der Waals surface area contributed by atoms with Crippen LogP contribution >= 0.6 is 7.26 Å². The highest BCUT2D eigenvalue weighted by Crippen LogP contribution is 2.59. The van der Waals surface area contributed by atoms with Gasteiger partial charge in [-0.2, -0.15) is 0 Å². The molecule has 1 nitrogen and oxygen atoms in total. The third-order valence-corrected chi connectivity index (χ3v) is 7.65. The minimum Gasteiger partial charge on any atom is -0.362 e. The van der Waals surface area contributed by atoms with Crippen LogP contribution in [0.25, 0.3) is 0 Å². The van der Waals surface area contributed by atoms with Gasteiger partial charge in [0.15, 0.2) is 6.35 Å². The second kappa shape index (κ2) is 9.60. The van der Waals surface area contributed by atoms with Crippen molar-refractivity contribution in [3.8, 4) is 0 Å². The second-order valence-electron chi connectivity index (χ2n) is 4.71. The van der Waals surface area contributed by atoms with E-state index in [1.165, 1.54) is 57.0 Å². The predicted octanol–water partition coefficient (Wildman–Crippen LogP) is 4.35. The lowest BCUT2D eigenvalue weighted by molar-refractivity contribution is 0.365. The lowest BCUT2D eigenvalue weighted by Crippen LogP contribution is -2.12. The first-order valence-corrected chi connectivity index (χ1v) is 9.23. The van der Waals surface area contributed by atoms with Gasteiger partial charge < -0.3 is 5.11 Å². The molecular weight excluding hydrogens is 203 g/mol. The monoisotopic (exact) mass is 233 g/mol. The number of hydrogen-bond acceptors (Lipinski definition) is 1. The zero-order valence-electron chi connectivity index (χ0n) is 11.0. The van der Waals surface area contributed by atoms with Crippen LogP contribution in [0.5, 0.6) is 0 Å². The van der Waals surface area contributed by atoms with Gasteiger partial charge in [0.25, 0.3) is 0 Å². The Bertz CT molecular complexity index is 115.